The molecule has 0 radical (unpaired) electrons. The fourth-order valence-electron chi connectivity index (χ4n) is 2.75. The Labute approximate surface area is 154 Å². The van der Waals surface area contributed by atoms with Crippen LogP contribution >= 0.6 is 0 Å². The topological polar surface area (TPSA) is 65.7 Å². The largest absolute Gasteiger partial charge is 0.503 e. The lowest BCUT2D eigenvalue weighted by Gasteiger charge is -2.23. The molecule has 0 aliphatic carbocycles. The molecule has 1 aromatic heterocycles. The zero-order valence-corrected chi connectivity index (χ0v) is 14.6. The van der Waals surface area contributed by atoms with E-state index in [0.29, 0.717) is 11.1 Å². The van der Waals surface area contributed by atoms with Crippen LogP contribution in [0.5, 0.6) is 11.6 Å². The zero-order valence-electron chi connectivity index (χ0n) is 14.6. The zero-order chi connectivity index (χ0) is 19.6. The van der Waals surface area contributed by atoms with Crippen molar-refractivity contribution in [2.24, 2.45) is 7.05 Å². The van der Waals surface area contributed by atoms with E-state index in [1.807, 2.05) is 0 Å². The van der Waals surface area contributed by atoms with Crippen molar-refractivity contribution < 1.29 is 23.8 Å². The molecule has 1 amide bonds. The summed E-state index contributed by atoms with van der Waals surface area (Å²) in [4.78, 5) is 14.4. The van der Waals surface area contributed by atoms with Gasteiger partial charge >= 0.3 is 0 Å². The first-order valence-corrected chi connectivity index (χ1v) is 8.20. The van der Waals surface area contributed by atoms with Crippen LogP contribution in [0, 0.1) is 11.6 Å². The van der Waals surface area contributed by atoms with Crippen molar-refractivity contribution in [1.29, 1.82) is 0 Å². The number of halogens is 2. The minimum absolute atomic E-state index is 0.0563. The molecule has 0 saturated heterocycles. The second-order valence-electron chi connectivity index (χ2n) is 6.24. The molecule has 0 atom stereocenters. The maximum Gasteiger partial charge on any atom is 0.259 e. The van der Waals surface area contributed by atoms with Crippen LogP contribution < -0.4 is 0 Å². The number of carbonyl (C=O) groups excluding carboxylic acids is 1. The maximum atomic E-state index is 13.2. The summed E-state index contributed by atoms with van der Waals surface area (Å²) in [5, 5.41) is 19.8. The standard InChI is InChI=1S/C20H18F2N2O3/c1-23-12-17(18(25)20(23)27)19(26)24(10-13-2-6-15(21)7-3-13)11-14-4-8-16(22)9-5-14/h2-9,12,25,27H,10-11H2,1H3. The molecule has 0 spiro atoms. The fraction of sp³-hybridized carbons (Fsp3) is 0.150. The minimum Gasteiger partial charge on any atom is -0.503 e. The van der Waals surface area contributed by atoms with Crippen LogP contribution in [0.15, 0.2) is 54.7 Å². The highest BCUT2D eigenvalue weighted by Crippen LogP contribution is 2.31. The van der Waals surface area contributed by atoms with E-state index in [4.69, 9.17) is 0 Å². The van der Waals surface area contributed by atoms with Gasteiger partial charge in [-0.1, -0.05) is 24.3 Å². The first-order chi connectivity index (χ1) is 12.8. The lowest BCUT2D eigenvalue weighted by atomic mass is 10.1. The number of hydrogen-bond acceptors (Lipinski definition) is 3. The van der Waals surface area contributed by atoms with Crippen LogP contribution in [0.1, 0.15) is 21.5 Å². The monoisotopic (exact) mass is 372 g/mol. The molecule has 0 unspecified atom stereocenters. The quantitative estimate of drug-likeness (QED) is 0.720. The molecule has 0 saturated carbocycles. The third-order valence-electron chi connectivity index (χ3n) is 4.21. The molecule has 0 fully saturated rings. The van der Waals surface area contributed by atoms with Gasteiger partial charge in [-0.15, -0.1) is 0 Å². The highest BCUT2D eigenvalue weighted by molar-refractivity contribution is 5.97. The predicted octanol–water partition coefficient (Wildman–Crippen LogP) is 3.56. The molecule has 140 valence electrons. The number of aryl methyl sites for hydroxylation is 1. The van der Waals surface area contributed by atoms with Crippen molar-refractivity contribution in [2.75, 3.05) is 0 Å². The molecule has 2 aromatic carbocycles. The van der Waals surface area contributed by atoms with Gasteiger partial charge in [0.1, 0.15) is 17.2 Å². The molecular weight excluding hydrogens is 354 g/mol. The Morgan fingerprint density at radius 1 is 0.926 bits per heavy atom. The number of carbonyl (C=O) groups is 1. The van der Waals surface area contributed by atoms with E-state index in [9.17, 15) is 23.8 Å². The smallest absolute Gasteiger partial charge is 0.259 e. The molecule has 0 bridgehead atoms. The summed E-state index contributed by atoms with van der Waals surface area (Å²) >= 11 is 0. The van der Waals surface area contributed by atoms with Gasteiger partial charge in [0.2, 0.25) is 5.88 Å². The van der Waals surface area contributed by atoms with Crippen molar-refractivity contribution in [3.63, 3.8) is 0 Å². The summed E-state index contributed by atoms with van der Waals surface area (Å²) in [7, 11) is 1.50. The summed E-state index contributed by atoms with van der Waals surface area (Å²) in [6.45, 7) is 0.289. The van der Waals surface area contributed by atoms with E-state index in [1.54, 1.807) is 24.3 Å². The molecular formula is C20H18F2N2O3. The van der Waals surface area contributed by atoms with Gasteiger partial charge in [-0.05, 0) is 35.4 Å². The Bertz CT molecular complexity index is 903. The van der Waals surface area contributed by atoms with Gasteiger partial charge in [0, 0.05) is 26.3 Å². The molecule has 0 aliphatic rings. The van der Waals surface area contributed by atoms with Gasteiger partial charge in [-0.2, -0.15) is 0 Å². The Hall–Kier alpha value is -3.35. The summed E-state index contributed by atoms with van der Waals surface area (Å²) in [5.74, 6) is -2.22. The number of aromatic nitrogens is 1. The highest BCUT2D eigenvalue weighted by atomic mass is 19.1. The van der Waals surface area contributed by atoms with Gasteiger partial charge in [-0.3, -0.25) is 4.79 Å². The first kappa shape index (κ1) is 18.4. The third kappa shape index (κ3) is 4.08. The third-order valence-corrected chi connectivity index (χ3v) is 4.21. The van der Waals surface area contributed by atoms with Gasteiger partial charge < -0.3 is 19.7 Å². The van der Waals surface area contributed by atoms with E-state index in [1.165, 1.54) is 47.0 Å². The summed E-state index contributed by atoms with van der Waals surface area (Å²) < 4.78 is 27.5. The van der Waals surface area contributed by atoms with Gasteiger partial charge in [0.15, 0.2) is 5.75 Å². The maximum absolute atomic E-state index is 13.2. The Morgan fingerprint density at radius 2 is 1.37 bits per heavy atom. The molecule has 3 rings (SSSR count). The predicted molar refractivity (Wildman–Crippen MR) is 95.1 cm³/mol. The first-order valence-electron chi connectivity index (χ1n) is 8.20. The van der Waals surface area contributed by atoms with Gasteiger partial charge in [0.25, 0.3) is 5.91 Å². The average Bonchev–Trinajstić information content (AvgIpc) is 2.91. The molecule has 5 nitrogen and oxygen atoms in total. The molecule has 1 heterocycles. The van der Waals surface area contributed by atoms with Crippen molar-refractivity contribution in [3.8, 4) is 11.6 Å². The molecule has 27 heavy (non-hydrogen) atoms. The number of nitrogens with zero attached hydrogens (tertiary/aromatic N) is 2. The summed E-state index contributed by atoms with van der Waals surface area (Å²) in [6, 6.07) is 11.4. The summed E-state index contributed by atoms with van der Waals surface area (Å²) in [6.07, 6.45) is 1.33. The fourth-order valence-corrected chi connectivity index (χ4v) is 2.75. The Morgan fingerprint density at radius 3 is 1.74 bits per heavy atom. The van der Waals surface area contributed by atoms with E-state index in [2.05, 4.69) is 0 Å². The SMILES string of the molecule is Cn1cc(C(=O)N(Cc2ccc(F)cc2)Cc2ccc(F)cc2)c(O)c1O. The van der Waals surface area contributed by atoms with Crippen molar-refractivity contribution in [1.82, 2.24) is 9.47 Å². The van der Waals surface area contributed by atoms with Crippen molar-refractivity contribution in [2.45, 2.75) is 13.1 Å². The number of amides is 1. The summed E-state index contributed by atoms with van der Waals surface area (Å²) in [5.41, 5.74) is 1.32. The van der Waals surface area contributed by atoms with Crippen LogP contribution in [-0.2, 0) is 20.1 Å². The van der Waals surface area contributed by atoms with Crippen LogP contribution in [-0.4, -0.2) is 25.6 Å². The van der Waals surface area contributed by atoms with Crippen molar-refractivity contribution in [3.05, 3.63) is 83.1 Å². The van der Waals surface area contributed by atoms with E-state index >= 15 is 0 Å². The van der Waals surface area contributed by atoms with E-state index < -0.39 is 17.5 Å². The van der Waals surface area contributed by atoms with E-state index in [0.717, 1.165) is 0 Å². The highest BCUT2D eigenvalue weighted by Gasteiger charge is 2.24. The second-order valence-corrected chi connectivity index (χ2v) is 6.24. The lowest BCUT2D eigenvalue weighted by Crippen LogP contribution is -2.30. The minimum atomic E-state index is -0.517. The average molecular weight is 372 g/mol. The van der Waals surface area contributed by atoms with Crippen LogP contribution in [0.3, 0.4) is 0 Å². The number of rotatable bonds is 5. The molecule has 3 aromatic rings. The molecule has 0 aliphatic heterocycles. The number of hydrogen-bond donors (Lipinski definition) is 2. The second kappa shape index (κ2) is 7.49. The Kier molecular flexibility index (Phi) is 5.12. The van der Waals surface area contributed by atoms with Crippen LogP contribution in [0.4, 0.5) is 8.78 Å². The molecule has 2 N–H and O–H groups in total. The van der Waals surface area contributed by atoms with Gasteiger partial charge in [-0.25, -0.2) is 8.78 Å². The number of benzene rings is 2. The number of aromatic hydroxyl groups is 2. The lowest BCUT2D eigenvalue weighted by molar-refractivity contribution is 0.0727. The van der Waals surface area contributed by atoms with Crippen molar-refractivity contribution >= 4 is 5.91 Å². The van der Waals surface area contributed by atoms with E-state index in [-0.39, 0.29) is 30.3 Å². The van der Waals surface area contributed by atoms with Crippen LogP contribution in [0.25, 0.3) is 0 Å². The normalized spacial score (nSPS) is 10.8. The van der Waals surface area contributed by atoms with Gasteiger partial charge in [0.05, 0.1) is 0 Å². The Balaban J connectivity index is 1.92. The molecule has 7 heteroatoms. The van der Waals surface area contributed by atoms with Crippen LogP contribution in [0.2, 0.25) is 0 Å².